The first-order valence-corrected chi connectivity index (χ1v) is 5.01. The Morgan fingerprint density at radius 3 is 2.80 bits per heavy atom. The number of halogens is 2. The summed E-state index contributed by atoms with van der Waals surface area (Å²) in [6.45, 7) is 0. The molecule has 0 aliphatic carbocycles. The molecule has 0 saturated carbocycles. The summed E-state index contributed by atoms with van der Waals surface area (Å²) in [7, 11) is 0. The Morgan fingerprint density at radius 2 is 2.20 bits per heavy atom. The zero-order valence-electron chi connectivity index (χ0n) is 7.76. The number of aryl methyl sites for hydroxylation is 1. The number of nitrogens with zero attached hydrogens (tertiary/aromatic N) is 1. The zero-order valence-corrected chi connectivity index (χ0v) is 9.27. The maximum atomic E-state index is 11.0. The third-order valence-corrected chi connectivity index (χ3v) is 2.42. The third kappa shape index (κ3) is 3.78. The largest absolute Gasteiger partial charge is 0.274 e. The van der Waals surface area contributed by atoms with E-state index in [2.05, 4.69) is 0 Å². The standard InChI is InChI=1S/C10H8Cl2N2O/c11-8-3-1-7(9(12)5-8)2-4-10(15)14-6-13/h1,3,5H,2,4H2,(H,14,15). The first-order chi connectivity index (χ1) is 7.13. The number of hydrogen-bond donors (Lipinski definition) is 1. The van der Waals surface area contributed by atoms with Crippen LogP contribution in [0.5, 0.6) is 0 Å². The molecule has 0 heterocycles. The normalized spacial score (nSPS) is 9.40. The lowest BCUT2D eigenvalue weighted by atomic mass is 10.1. The van der Waals surface area contributed by atoms with Gasteiger partial charge in [0.05, 0.1) is 0 Å². The number of amides is 1. The summed E-state index contributed by atoms with van der Waals surface area (Å²) in [5.74, 6) is -0.316. The van der Waals surface area contributed by atoms with Crippen molar-refractivity contribution in [3.05, 3.63) is 33.8 Å². The van der Waals surface area contributed by atoms with Crippen LogP contribution in [-0.4, -0.2) is 5.91 Å². The fraction of sp³-hybridized carbons (Fsp3) is 0.200. The van der Waals surface area contributed by atoms with E-state index in [-0.39, 0.29) is 12.3 Å². The van der Waals surface area contributed by atoms with E-state index < -0.39 is 0 Å². The molecule has 0 aliphatic heterocycles. The highest BCUT2D eigenvalue weighted by molar-refractivity contribution is 6.35. The first kappa shape index (κ1) is 11.8. The van der Waals surface area contributed by atoms with Gasteiger partial charge in [0.1, 0.15) is 0 Å². The van der Waals surface area contributed by atoms with Crippen molar-refractivity contribution in [2.24, 2.45) is 0 Å². The van der Waals surface area contributed by atoms with Crippen LogP contribution >= 0.6 is 23.2 Å². The van der Waals surface area contributed by atoms with Crippen molar-refractivity contribution >= 4 is 29.1 Å². The molecule has 1 rings (SSSR count). The maximum Gasteiger partial charge on any atom is 0.233 e. The van der Waals surface area contributed by atoms with Gasteiger partial charge in [-0.05, 0) is 24.1 Å². The average molecular weight is 243 g/mol. The van der Waals surface area contributed by atoms with Crippen LogP contribution in [0.1, 0.15) is 12.0 Å². The Morgan fingerprint density at radius 1 is 1.47 bits per heavy atom. The van der Waals surface area contributed by atoms with Gasteiger partial charge >= 0.3 is 0 Å². The van der Waals surface area contributed by atoms with Crippen LogP contribution in [0.4, 0.5) is 0 Å². The van der Waals surface area contributed by atoms with Gasteiger partial charge in [-0.15, -0.1) is 0 Å². The van der Waals surface area contributed by atoms with Crippen LogP contribution in [0, 0.1) is 11.5 Å². The smallest absolute Gasteiger partial charge is 0.233 e. The summed E-state index contributed by atoms with van der Waals surface area (Å²) in [4.78, 5) is 11.0. The molecule has 1 N–H and O–H groups in total. The summed E-state index contributed by atoms with van der Waals surface area (Å²) in [5, 5.41) is 11.3. The molecule has 0 bridgehead atoms. The first-order valence-electron chi connectivity index (χ1n) is 4.25. The van der Waals surface area contributed by atoms with Crippen LogP contribution in [0.25, 0.3) is 0 Å². The van der Waals surface area contributed by atoms with Crippen molar-refractivity contribution in [1.82, 2.24) is 5.32 Å². The summed E-state index contributed by atoms with van der Waals surface area (Å²) in [6.07, 6.45) is 2.29. The van der Waals surface area contributed by atoms with Crippen LogP contribution in [0.2, 0.25) is 10.0 Å². The highest BCUT2D eigenvalue weighted by Crippen LogP contribution is 2.21. The second-order valence-corrected chi connectivity index (χ2v) is 3.74. The van der Waals surface area contributed by atoms with Crippen LogP contribution in [0.3, 0.4) is 0 Å². The molecule has 0 spiro atoms. The van der Waals surface area contributed by atoms with Gasteiger partial charge in [0.2, 0.25) is 5.91 Å². The summed E-state index contributed by atoms with van der Waals surface area (Å²) >= 11 is 11.6. The van der Waals surface area contributed by atoms with Gasteiger partial charge < -0.3 is 0 Å². The highest BCUT2D eigenvalue weighted by Gasteiger charge is 2.04. The van der Waals surface area contributed by atoms with E-state index in [1.54, 1.807) is 24.4 Å². The quantitative estimate of drug-likeness (QED) is 0.655. The molecular formula is C10H8Cl2N2O. The fourth-order valence-electron chi connectivity index (χ4n) is 1.10. The van der Waals surface area contributed by atoms with Gasteiger partial charge in [0.15, 0.2) is 6.19 Å². The molecule has 0 fully saturated rings. The predicted octanol–water partition coefficient (Wildman–Crippen LogP) is 2.52. The molecule has 78 valence electrons. The Balaban J connectivity index is 2.59. The van der Waals surface area contributed by atoms with Crippen molar-refractivity contribution in [2.75, 3.05) is 0 Å². The van der Waals surface area contributed by atoms with E-state index in [1.807, 2.05) is 5.32 Å². The monoisotopic (exact) mass is 242 g/mol. The minimum atomic E-state index is -0.316. The highest BCUT2D eigenvalue weighted by atomic mass is 35.5. The second kappa shape index (κ2) is 5.59. The van der Waals surface area contributed by atoms with Crippen molar-refractivity contribution in [3.63, 3.8) is 0 Å². The van der Waals surface area contributed by atoms with Crippen LogP contribution < -0.4 is 5.32 Å². The Bertz CT molecular complexity index is 412. The zero-order chi connectivity index (χ0) is 11.3. The van der Waals surface area contributed by atoms with Crippen LogP contribution in [-0.2, 0) is 11.2 Å². The molecule has 15 heavy (non-hydrogen) atoms. The molecule has 5 heteroatoms. The molecule has 1 amide bonds. The molecule has 0 aromatic heterocycles. The van der Waals surface area contributed by atoms with E-state index in [1.165, 1.54) is 0 Å². The van der Waals surface area contributed by atoms with Gasteiger partial charge in [-0.2, -0.15) is 5.26 Å². The minimum Gasteiger partial charge on any atom is -0.274 e. The molecule has 0 saturated heterocycles. The molecular weight excluding hydrogens is 235 g/mol. The van der Waals surface area contributed by atoms with E-state index in [9.17, 15) is 4.79 Å². The fourth-order valence-corrected chi connectivity index (χ4v) is 1.60. The lowest BCUT2D eigenvalue weighted by Crippen LogP contribution is -2.17. The van der Waals surface area contributed by atoms with E-state index in [0.29, 0.717) is 16.5 Å². The van der Waals surface area contributed by atoms with Gasteiger partial charge in [0, 0.05) is 16.5 Å². The van der Waals surface area contributed by atoms with Gasteiger partial charge in [0.25, 0.3) is 0 Å². The van der Waals surface area contributed by atoms with E-state index in [0.717, 1.165) is 5.56 Å². The van der Waals surface area contributed by atoms with E-state index >= 15 is 0 Å². The Labute approximate surface area is 97.6 Å². The predicted molar refractivity (Wildman–Crippen MR) is 58.5 cm³/mol. The van der Waals surface area contributed by atoms with Crippen molar-refractivity contribution in [3.8, 4) is 6.19 Å². The number of nitriles is 1. The molecule has 0 unspecified atom stereocenters. The summed E-state index contributed by atoms with van der Waals surface area (Å²) in [5.41, 5.74) is 0.842. The number of carbonyl (C=O) groups is 1. The van der Waals surface area contributed by atoms with Crippen LogP contribution in [0.15, 0.2) is 18.2 Å². The summed E-state index contributed by atoms with van der Waals surface area (Å²) in [6, 6.07) is 5.11. The lowest BCUT2D eigenvalue weighted by Gasteiger charge is -2.03. The van der Waals surface area contributed by atoms with Crippen molar-refractivity contribution in [2.45, 2.75) is 12.8 Å². The topological polar surface area (TPSA) is 52.9 Å². The molecule has 0 aliphatic rings. The number of nitrogens with one attached hydrogen (secondary N) is 1. The molecule has 1 aromatic rings. The number of rotatable bonds is 3. The Kier molecular flexibility index (Phi) is 4.41. The number of hydrogen-bond acceptors (Lipinski definition) is 2. The SMILES string of the molecule is N#CNC(=O)CCc1ccc(Cl)cc1Cl. The number of carbonyl (C=O) groups excluding carboxylic acids is 1. The Hall–Kier alpha value is -1.24. The van der Waals surface area contributed by atoms with E-state index in [4.69, 9.17) is 28.5 Å². The van der Waals surface area contributed by atoms with Crippen molar-refractivity contribution < 1.29 is 4.79 Å². The molecule has 0 atom stereocenters. The van der Waals surface area contributed by atoms with Crippen molar-refractivity contribution in [1.29, 1.82) is 5.26 Å². The molecule has 0 radical (unpaired) electrons. The number of benzene rings is 1. The molecule has 3 nitrogen and oxygen atoms in total. The third-order valence-electron chi connectivity index (χ3n) is 1.83. The van der Waals surface area contributed by atoms with Gasteiger partial charge in [-0.1, -0.05) is 29.3 Å². The lowest BCUT2D eigenvalue weighted by molar-refractivity contribution is -0.119. The summed E-state index contributed by atoms with van der Waals surface area (Å²) < 4.78 is 0. The van der Waals surface area contributed by atoms with Gasteiger partial charge in [-0.3, -0.25) is 10.1 Å². The maximum absolute atomic E-state index is 11.0. The second-order valence-electron chi connectivity index (χ2n) is 2.90. The average Bonchev–Trinajstić information content (AvgIpc) is 2.17. The molecule has 1 aromatic carbocycles. The van der Waals surface area contributed by atoms with Gasteiger partial charge in [-0.25, -0.2) is 0 Å². The minimum absolute atomic E-state index is 0.231.